The third-order valence-corrected chi connectivity index (χ3v) is 4.54. The normalized spacial score (nSPS) is 19.4. The van der Waals surface area contributed by atoms with Crippen LogP contribution in [-0.2, 0) is 22.7 Å². The lowest BCUT2D eigenvalue weighted by Crippen LogP contribution is -2.50. The second-order valence-electron chi connectivity index (χ2n) is 3.54. The third-order valence-electron chi connectivity index (χ3n) is 2.55. The molecule has 0 N–H and O–H groups in total. The molecule has 90 valence electrons. The Morgan fingerprint density at radius 3 is 2.00 bits per heavy atom. The molecule has 0 aromatic carbocycles. The van der Waals surface area contributed by atoms with Gasteiger partial charge in [0.05, 0.1) is 13.2 Å². The molecule has 0 bridgehead atoms. The van der Waals surface area contributed by atoms with Crippen LogP contribution in [-0.4, -0.2) is 36.5 Å². The van der Waals surface area contributed by atoms with Gasteiger partial charge in [0.1, 0.15) is 0 Å². The molecule has 1 aliphatic carbocycles. The first-order valence-electron chi connectivity index (χ1n) is 5.26. The van der Waals surface area contributed by atoms with Crippen molar-refractivity contribution in [1.29, 1.82) is 0 Å². The van der Waals surface area contributed by atoms with Gasteiger partial charge in [-0.05, 0) is 12.8 Å². The van der Waals surface area contributed by atoms with E-state index in [9.17, 15) is 0 Å². The van der Waals surface area contributed by atoms with Crippen LogP contribution in [0.4, 0.5) is 0 Å². The van der Waals surface area contributed by atoms with E-state index in [4.69, 9.17) is 17.9 Å². The number of hydrogen-bond donors (Lipinski definition) is 0. The van der Waals surface area contributed by atoms with E-state index in [0.29, 0.717) is 0 Å². The molecule has 0 atom stereocenters. The fraction of sp³-hybridized carbons (Fsp3) is 1.00. The van der Waals surface area contributed by atoms with Crippen LogP contribution in [0.3, 0.4) is 0 Å². The van der Waals surface area contributed by atoms with Crippen molar-refractivity contribution < 1.29 is 22.7 Å². The van der Waals surface area contributed by atoms with Crippen molar-refractivity contribution in [1.82, 2.24) is 0 Å². The van der Waals surface area contributed by atoms with Gasteiger partial charge in [-0.3, -0.25) is 0 Å². The zero-order chi connectivity index (χ0) is 11.1. The summed E-state index contributed by atoms with van der Waals surface area (Å²) in [6.07, 6.45) is 5.90. The molecule has 5 nitrogen and oxygen atoms in total. The van der Waals surface area contributed by atoms with Gasteiger partial charge in [-0.1, -0.05) is 19.3 Å². The summed E-state index contributed by atoms with van der Waals surface area (Å²) >= 11 is 0. The van der Waals surface area contributed by atoms with E-state index in [1.165, 1.54) is 40.6 Å². The van der Waals surface area contributed by atoms with E-state index in [1.807, 2.05) is 0 Å². The molecule has 0 heterocycles. The molecule has 1 saturated carbocycles. The lowest BCUT2D eigenvalue weighted by atomic mass is 9.98. The summed E-state index contributed by atoms with van der Waals surface area (Å²) in [5.74, 6) is 0. The first kappa shape index (κ1) is 13.1. The quantitative estimate of drug-likeness (QED) is 0.398. The van der Waals surface area contributed by atoms with E-state index in [2.05, 4.69) is 4.89 Å². The SMILES string of the molecule is COO[Si](OC)(OC)OC1CCCCC1. The molecule has 0 unspecified atom stereocenters. The van der Waals surface area contributed by atoms with Crippen LogP contribution in [0.25, 0.3) is 0 Å². The Balaban J connectivity index is 2.47. The highest BCUT2D eigenvalue weighted by atomic mass is 28.4. The summed E-state index contributed by atoms with van der Waals surface area (Å²) in [5, 5.41) is 0. The minimum absolute atomic E-state index is 0.167. The van der Waals surface area contributed by atoms with Crippen LogP contribution in [0.2, 0.25) is 0 Å². The third kappa shape index (κ3) is 3.82. The molecule has 0 aromatic heterocycles. The standard InChI is InChI=1S/C9H20O5Si/c1-10-14-15(11-2,12-3)13-9-7-5-4-6-8-9/h9H,4-8H2,1-3H3. The highest BCUT2D eigenvalue weighted by Crippen LogP contribution is 2.24. The molecule has 0 aliphatic heterocycles. The molecular weight excluding hydrogens is 216 g/mol. The summed E-state index contributed by atoms with van der Waals surface area (Å²) < 4.78 is 21.1. The van der Waals surface area contributed by atoms with Gasteiger partial charge in [0.2, 0.25) is 0 Å². The van der Waals surface area contributed by atoms with Crippen molar-refractivity contribution in [3.8, 4) is 0 Å². The summed E-state index contributed by atoms with van der Waals surface area (Å²) in [7, 11) is 1.39. The Morgan fingerprint density at radius 2 is 1.53 bits per heavy atom. The van der Waals surface area contributed by atoms with Crippen molar-refractivity contribution in [3.05, 3.63) is 0 Å². The van der Waals surface area contributed by atoms with E-state index >= 15 is 0 Å². The van der Waals surface area contributed by atoms with Gasteiger partial charge in [0.25, 0.3) is 0 Å². The highest BCUT2D eigenvalue weighted by Gasteiger charge is 2.47. The van der Waals surface area contributed by atoms with Gasteiger partial charge in [-0.25, -0.2) is 4.89 Å². The predicted octanol–water partition coefficient (Wildman–Crippen LogP) is 1.64. The molecule has 0 spiro atoms. The molecule has 0 aromatic rings. The van der Waals surface area contributed by atoms with E-state index in [0.717, 1.165) is 12.8 Å². The Labute approximate surface area is 92.0 Å². The van der Waals surface area contributed by atoms with Crippen molar-refractivity contribution in [2.75, 3.05) is 21.3 Å². The maximum atomic E-state index is 5.76. The van der Waals surface area contributed by atoms with Crippen molar-refractivity contribution >= 4 is 9.05 Å². The Morgan fingerprint density at radius 1 is 0.933 bits per heavy atom. The molecular formula is C9H20O5Si. The Kier molecular flexibility index (Phi) is 5.73. The molecule has 0 amide bonds. The smallest absolute Gasteiger partial charge is 0.353 e. The molecule has 1 fully saturated rings. The maximum Gasteiger partial charge on any atom is 0.707 e. The van der Waals surface area contributed by atoms with Gasteiger partial charge in [-0.2, -0.15) is 4.58 Å². The predicted molar refractivity (Wildman–Crippen MR) is 55.8 cm³/mol. The van der Waals surface area contributed by atoms with Gasteiger partial charge < -0.3 is 13.3 Å². The zero-order valence-corrected chi connectivity index (χ0v) is 10.7. The highest BCUT2D eigenvalue weighted by molar-refractivity contribution is 6.53. The number of hydrogen-bond acceptors (Lipinski definition) is 5. The number of rotatable bonds is 6. The largest absolute Gasteiger partial charge is 0.707 e. The molecule has 1 rings (SSSR count). The molecule has 15 heavy (non-hydrogen) atoms. The van der Waals surface area contributed by atoms with Crippen molar-refractivity contribution in [3.63, 3.8) is 0 Å². The Hall–Kier alpha value is 0.0169. The summed E-state index contributed by atoms with van der Waals surface area (Å²) in [5.41, 5.74) is 0. The minimum atomic E-state index is -3.05. The second kappa shape index (κ2) is 6.57. The van der Waals surface area contributed by atoms with Crippen LogP contribution < -0.4 is 0 Å². The van der Waals surface area contributed by atoms with Crippen LogP contribution in [0.5, 0.6) is 0 Å². The van der Waals surface area contributed by atoms with Crippen molar-refractivity contribution in [2.45, 2.75) is 38.2 Å². The molecule has 6 heteroatoms. The fourth-order valence-electron chi connectivity index (χ4n) is 1.76. The van der Waals surface area contributed by atoms with E-state index in [-0.39, 0.29) is 6.10 Å². The van der Waals surface area contributed by atoms with Gasteiger partial charge in [0.15, 0.2) is 0 Å². The monoisotopic (exact) mass is 236 g/mol. The first-order valence-corrected chi connectivity index (χ1v) is 6.89. The van der Waals surface area contributed by atoms with Crippen molar-refractivity contribution in [2.24, 2.45) is 0 Å². The van der Waals surface area contributed by atoms with Gasteiger partial charge >= 0.3 is 9.05 Å². The average Bonchev–Trinajstić information content (AvgIpc) is 2.30. The van der Waals surface area contributed by atoms with E-state index < -0.39 is 9.05 Å². The Bertz CT molecular complexity index is 168. The topological polar surface area (TPSA) is 46.2 Å². The summed E-state index contributed by atoms with van der Waals surface area (Å²) in [6.45, 7) is 0. The summed E-state index contributed by atoms with van der Waals surface area (Å²) in [6, 6.07) is 0. The van der Waals surface area contributed by atoms with Crippen LogP contribution >= 0.6 is 0 Å². The van der Waals surface area contributed by atoms with Gasteiger partial charge in [0, 0.05) is 14.2 Å². The fourth-order valence-corrected chi connectivity index (χ4v) is 3.14. The lowest BCUT2D eigenvalue weighted by Gasteiger charge is -2.30. The first-order chi connectivity index (χ1) is 7.26. The van der Waals surface area contributed by atoms with Crippen LogP contribution in [0, 0.1) is 0 Å². The summed E-state index contributed by atoms with van der Waals surface area (Å²) in [4.78, 5) is 4.62. The molecule has 0 saturated heterocycles. The van der Waals surface area contributed by atoms with Crippen LogP contribution in [0.1, 0.15) is 32.1 Å². The molecule has 1 aliphatic rings. The lowest BCUT2D eigenvalue weighted by molar-refractivity contribution is -0.255. The second-order valence-corrected chi connectivity index (χ2v) is 5.75. The minimum Gasteiger partial charge on any atom is -0.353 e. The average molecular weight is 236 g/mol. The molecule has 0 radical (unpaired) electrons. The zero-order valence-electron chi connectivity index (χ0n) is 9.65. The van der Waals surface area contributed by atoms with E-state index in [1.54, 1.807) is 0 Å². The van der Waals surface area contributed by atoms with Gasteiger partial charge in [-0.15, -0.1) is 0 Å². The van der Waals surface area contributed by atoms with Crippen LogP contribution in [0.15, 0.2) is 0 Å². The maximum absolute atomic E-state index is 5.76.